The predicted octanol–water partition coefficient (Wildman–Crippen LogP) is 3.81. The third-order valence-corrected chi connectivity index (χ3v) is 5.20. The Balaban J connectivity index is 1.85. The maximum atomic E-state index is 3.60. The number of nitrogens with one attached hydrogen (secondary N) is 1. The van der Waals surface area contributed by atoms with E-state index < -0.39 is 0 Å². The summed E-state index contributed by atoms with van der Waals surface area (Å²) < 4.78 is 0. The molecule has 2 heteroatoms. The SMILES string of the molecule is CCCC1CCC(N(CCC)C2CCCNC2)CC1. The van der Waals surface area contributed by atoms with Crippen LogP contribution in [0.25, 0.3) is 0 Å². The smallest absolute Gasteiger partial charge is 0.0224 e. The van der Waals surface area contributed by atoms with Crippen molar-refractivity contribution < 1.29 is 0 Å². The summed E-state index contributed by atoms with van der Waals surface area (Å²) in [5.41, 5.74) is 0. The van der Waals surface area contributed by atoms with Crippen molar-refractivity contribution in [2.45, 2.75) is 83.7 Å². The molecule has 2 nitrogen and oxygen atoms in total. The van der Waals surface area contributed by atoms with Crippen LogP contribution in [0.2, 0.25) is 0 Å². The van der Waals surface area contributed by atoms with Crippen LogP contribution in [0.1, 0.15) is 71.6 Å². The van der Waals surface area contributed by atoms with Crippen LogP contribution in [0.3, 0.4) is 0 Å². The largest absolute Gasteiger partial charge is 0.315 e. The van der Waals surface area contributed by atoms with E-state index in [-0.39, 0.29) is 0 Å². The minimum Gasteiger partial charge on any atom is -0.315 e. The van der Waals surface area contributed by atoms with Gasteiger partial charge in [0, 0.05) is 18.6 Å². The van der Waals surface area contributed by atoms with Crippen LogP contribution in [-0.4, -0.2) is 36.6 Å². The fraction of sp³-hybridized carbons (Fsp3) is 1.00. The van der Waals surface area contributed by atoms with Gasteiger partial charge in [-0.25, -0.2) is 0 Å². The van der Waals surface area contributed by atoms with Crippen LogP contribution in [0, 0.1) is 5.92 Å². The van der Waals surface area contributed by atoms with E-state index in [1.165, 1.54) is 77.4 Å². The topological polar surface area (TPSA) is 15.3 Å². The summed E-state index contributed by atoms with van der Waals surface area (Å²) in [5.74, 6) is 1.04. The third-order valence-electron chi connectivity index (χ3n) is 5.20. The van der Waals surface area contributed by atoms with Crippen molar-refractivity contribution in [3.8, 4) is 0 Å². The highest BCUT2D eigenvalue weighted by Gasteiger charge is 2.30. The van der Waals surface area contributed by atoms with Gasteiger partial charge in [-0.15, -0.1) is 0 Å². The highest BCUT2D eigenvalue weighted by molar-refractivity contribution is 4.86. The molecule has 1 saturated carbocycles. The Labute approximate surface area is 120 Å². The predicted molar refractivity (Wildman–Crippen MR) is 83.5 cm³/mol. The summed E-state index contributed by atoms with van der Waals surface area (Å²) >= 11 is 0. The fourth-order valence-corrected chi connectivity index (χ4v) is 4.21. The van der Waals surface area contributed by atoms with Crippen LogP contribution in [-0.2, 0) is 0 Å². The molecule has 0 spiro atoms. The summed E-state index contributed by atoms with van der Waals surface area (Å²) in [6.07, 6.45) is 12.8. The molecule has 1 atom stereocenters. The zero-order valence-corrected chi connectivity index (χ0v) is 13.2. The van der Waals surface area contributed by atoms with E-state index in [0.29, 0.717) is 0 Å². The van der Waals surface area contributed by atoms with Crippen LogP contribution < -0.4 is 5.32 Å². The Hall–Kier alpha value is -0.0800. The lowest BCUT2D eigenvalue weighted by Crippen LogP contribution is -2.51. The standard InChI is InChI=1S/C17H34N2/c1-3-6-15-8-10-16(11-9-15)19(13-4-2)17-7-5-12-18-14-17/h15-18H,3-14H2,1-2H3. The van der Waals surface area contributed by atoms with Crippen molar-refractivity contribution in [1.29, 1.82) is 0 Å². The molecule has 112 valence electrons. The average Bonchev–Trinajstić information content (AvgIpc) is 2.47. The molecule has 0 aromatic carbocycles. The molecule has 1 N–H and O–H groups in total. The molecule has 2 rings (SSSR count). The van der Waals surface area contributed by atoms with Gasteiger partial charge < -0.3 is 5.32 Å². The molecule has 2 aliphatic rings. The first-order valence-electron chi connectivity index (χ1n) is 8.81. The van der Waals surface area contributed by atoms with E-state index in [9.17, 15) is 0 Å². The first kappa shape index (κ1) is 15.3. The van der Waals surface area contributed by atoms with Crippen LogP contribution in [0.4, 0.5) is 0 Å². The zero-order valence-electron chi connectivity index (χ0n) is 13.2. The molecule has 1 aliphatic heterocycles. The van der Waals surface area contributed by atoms with Crippen LogP contribution >= 0.6 is 0 Å². The lowest BCUT2D eigenvalue weighted by atomic mass is 9.82. The molecule has 0 aromatic heterocycles. The van der Waals surface area contributed by atoms with Crippen molar-refractivity contribution in [1.82, 2.24) is 10.2 Å². The summed E-state index contributed by atoms with van der Waals surface area (Å²) in [5, 5.41) is 3.60. The second-order valence-corrected chi connectivity index (χ2v) is 6.70. The maximum absolute atomic E-state index is 3.60. The summed E-state index contributed by atoms with van der Waals surface area (Å²) in [4.78, 5) is 2.87. The average molecular weight is 266 g/mol. The highest BCUT2D eigenvalue weighted by Crippen LogP contribution is 2.32. The van der Waals surface area contributed by atoms with Gasteiger partial charge in [0.25, 0.3) is 0 Å². The minimum atomic E-state index is 0.821. The first-order valence-corrected chi connectivity index (χ1v) is 8.81. The zero-order chi connectivity index (χ0) is 13.5. The summed E-state index contributed by atoms with van der Waals surface area (Å²) in [6, 6.07) is 1.71. The molecular weight excluding hydrogens is 232 g/mol. The van der Waals surface area contributed by atoms with Gasteiger partial charge in [-0.05, 0) is 64.0 Å². The number of rotatable bonds is 6. The van der Waals surface area contributed by atoms with E-state index in [2.05, 4.69) is 24.1 Å². The molecule has 0 radical (unpaired) electrons. The van der Waals surface area contributed by atoms with Crippen molar-refractivity contribution in [3.63, 3.8) is 0 Å². The van der Waals surface area contributed by atoms with Crippen LogP contribution in [0.5, 0.6) is 0 Å². The van der Waals surface area contributed by atoms with Gasteiger partial charge in [-0.3, -0.25) is 4.90 Å². The van der Waals surface area contributed by atoms with E-state index in [0.717, 1.165) is 18.0 Å². The Kier molecular flexibility index (Phi) is 6.66. The fourth-order valence-electron chi connectivity index (χ4n) is 4.21. The Morgan fingerprint density at radius 3 is 2.32 bits per heavy atom. The lowest BCUT2D eigenvalue weighted by Gasteiger charge is -2.43. The summed E-state index contributed by atoms with van der Waals surface area (Å²) in [7, 11) is 0. The van der Waals surface area contributed by atoms with Gasteiger partial charge in [0.05, 0.1) is 0 Å². The molecule has 2 fully saturated rings. The molecule has 0 bridgehead atoms. The molecule has 1 aliphatic carbocycles. The third kappa shape index (κ3) is 4.46. The van der Waals surface area contributed by atoms with E-state index in [1.54, 1.807) is 0 Å². The van der Waals surface area contributed by atoms with Gasteiger partial charge in [0.1, 0.15) is 0 Å². The molecule has 0 amide bonds. The van der Waals surface area contributed by atoms with Crippen LogP contribution in [0.15, 0.2) is 0 Å². The summed E-state index contributed by atoms with van der Waals surface area (Å²) in [6.45, 7) is 8.46. The molecule has 19 heavy (non-hydrogen) atoms. The van der Waals surface area contributed by atoms with Gasteiger partial charge >= 0.3 is 0 Å². The Morgan fingerprint density at radius 2 is 1.74 bits per heavy atom. The molecule has 1 unspecified atom stereocenters. The lowest BCUT2D eigenvalue weighted by molar-refractivity contribution is 0.0754. The van der Waals surface area contributed by atoms with Gasteiger partial charge in [0.15, 0.2) is 0 Å². The molecular formula is C17H34N2. The minimum absolute atomic E-state index is 0.821. The molecule has 0 aromatic rings. The second-order valence-electron chi connectivity index (χ2n) is 6.70. The second kappa shape index (κ2) is 8.26. The number of hydrogen-bond donors (Lipinski definition) is 1. The quantitative estimate of drug-likeness (QED) is 0.786. The van der Waals surface area contributed by atoms with Crippen molar-refractivity contribution >= 4 is 0 Å². The van der Waals surface area contributed by atoms with Gasteiger partial charge in [-0.1, -0.05) is 26.7 Å². The number of hydrogen-bond acceptors (Lipinski definition) is 2. The van der Waals surface area contributed by atoms with Crippen molar-refractivity contribution in [2.24, 2.45) is 5.92 Å². The highest BCUT2D eigenvalue weighted by atomic mass is 15.2. The van der Waals surface area contributed by atoms with E-state index in [1.807, 2.05) is 0 Å². The van der Waals surface area contributed by atoms with Crippen molar-refractivity contribution in [3.05, 3.63) is 0 Å². The Bertz CT molecular complexity index is 227. The Morgan fingerprint density at radius 1 is 0.947 bits per heavy atom. The van der Waals surface area contributed by atoms with E-state index in [4.69, 9.17) is 0 Å². The molecule has 1 heterocycles. The number of piperidine rings is 1. The monoisotopic (exact) mass is 266 g/mol. The maximum Gasteiger partial charge on any atom is 0.0224 e. The van der Waals surface area contributed by atoms with Gasteiger partial charge in [-0.2, -0.15) is 0 Å². The number of nitrogens with zero attached hydrogens (tertiary/aromatic N) is 1. The van der Waals surface area contributed by atoms with E-state index >= 15 is 0 Å². The normalized spacial score (nSPS) is 32.7. The van der Waals surface area contributed by atoms with Crippen molar-refractivity contribution in [2.75, 3.05) is 19.6 Å². The molecule has 1 saturated heterocycles. The first-order chi connectivity index (χ1) is 9.35. The van der Waals surface area contributed by atoms with Gasteiger partial charge in [0.2, 0.25) is 0 Å².